The first-order chi connectivity index (χ1) is 33.7. The predicted octanol–water partition coefficient (Wildman–Crippen LogP) is 16.0. The van der Waals surface area contributed by atoms with Crippen LogP contribution in [0.1, 0.15) is 22.3 Å². The van der Waals surface area contributed by atoms with Gasteiger partial charge in [0.25, 0.3) is 0 Å². The van der Waals surface area contributed by atoms with E-state index in [-0.39, 0.29) is 0 Å². The number of para-hydroxylation sites is 2. The average Bonchev–Trinajstić information content (AvgIpc) is 3.72. The Morgan fingerprint density at radius 2 is 0.632 bits per heavy atom. The molecule has 1 aromatic heterocycles. The zero-order valence-electron chi connectivity index (χ0n) is 37.0. The van der Waals surface area contributed by atoms with Gasteiger partial charge in [-0.15, -0.1) is 0 Å². The third-order valence-electron chi connectivity index (χ3n) is 13.7. The Bertz CT molecular complexity index is 3630. The van der Waals surface area contributed by atoms with Crippen LogP contribution in [0.5, 0.6) is 0 Å². The molecule has 2 aliphatic rings. The van der Waals surface area contributed by atoms with Crippen molar-refractivity contribution in [3.8, 4) is 78.7 Å². The molecule has 11 aromatic rings. The van der Waals surface area contributed by atoms with Crippen molar-refractivity contribution in [1.29, 1.82) is 0 Å². The predicted molar refractivity (Wildman–Crippen MR) is 278 cm³/mol. The first kappa shape index (κ1) is 39.4. The van der Waals surface area contributed by atoms with Crippen LogP contribution in [0.2, 0.25) is 0 Å². The second kappa shape index (κ2) is 16.2. The molecular weight excluding hydrogens is 825 g/mol. The Morgan fingerprint density at radius 3 is 1.24 bits per heavy atom. The normalized spacial score (nSPS) is 12.8. The molecular formula is C64H42N4. The van der Waals surface area contributed by atoms with Crippen LogP contribution in [0.4, 0.5) is 17.1 Å². The Balaban J connectivity index is 0.945. The quantitative estimate of drug-likeness (QED) is 0.160. The van der Waals surface area contributed by atoms with E-state index in [2.05, 4.69) is 235 Å². The van der Waals surface area contributed by atoms with E-state index in [0.29, 0.717) is 17.5 Å². The first-order valence-electron chi connectivity index (χ1n) is 23.2. The zero-order valence-corrected chi connectivity index (χ0v) is 37.0. The maximum Gasteiger partial charge on any atom is 0.164 e. The van der Waals surface area contributed by atoms with Crippen molar-refractivity contribution in [2.45, 2.75) is 5.41 Å². The fraction of sp³-hybridized carbons (Fsp3) is 0.0156. The summed E-state index contributed by atoms with van der Waals surface area (Å²) in [5.41, 5.74) is 20.2. The van der Waals surface area contributed by atoms with Crippen LogP contribution >= 0.6 is 0 Å². The number of benzene rings is 10. The van der Waals surface area contributed by atoms with E-state index in [1.807, 2.05) is 24.3 Å². The van der Waals surface area contributed by atoms with Crippen LogP contribution in [0.15, 0.2) is 255 Å². The summed E-state index contributed by atoms with van der Waals surface area (Å²) in [4.78, 5) is 17.9. The molecule has 0 fully saturated rings. The molecule has 2 heterocycles. The molecule has 0 radical (unpaired) electrons. The second-order valence-corrected chi connectivity index (χ2v) is 17.5. The summed E-state index contributed by atoms with van der Waals surface area (Å²) in [7, 11) is 0. The van der Waals surface area contributed by atoms with E-state index >= 15 is 0 Å². The highest BCUT2D eigenvalue weighted by molar-refractivity contribution is 5.97. The average molecular weight is 867 g/mol. The fourth-order valence-corrected chi connectivity index (χ4v) is 10.7. The molecule has 0 atom stereocenters. The van der Waals surface area contributed by atoms with Crippen LogP contribution in [0.3, 0.4) is 0 Å². The van der Waals surface area contributed by atoms with Gasteiger partial charge in [-0.25, -0.2) is 15.0 Å². The minimum atomic E-state index is -0.511. The van der Waals surface area contributed by atoms with Gasteiger partial charge in [0.2, 0.25) is 0 Å². The lowest BCUT2D eigenvalue weighted by Gasteiger charge is -2.45. The monoisotopic (exact) mass is 866 g/mol. The minimum absolute atomic E-state index is 0.511. The summed E-state index contributed by atoms with van der Waals surface area (Å²) >= 11 is 0. The van der Waals surface area contributed by atoms with Gasteiger partial charge in [-0.2, -0.15) is 0 Å². The molecule has 0 amide bonds. The minimum Gasteiger partial charge on any atom is -0.310 e. The number of anilines is 3. The van der Waals surface area contributed by atoms with Crippen LogP contribution in [-0.4, -0.2) is 15.0 Å². The Kier molecular flexibility index (Phi) is 9.36. The lowest BCUT2D eigenvalue weighted by Crippen LogP contribution is -2.36. The van der Waals surface area contributed by atoms with Gasteiger partial charge in [0, 0.05) is 22.4 Å². The van der Waals surface area contributed by atoms with Crippen molar-refractivity contribution in [2.24, 2.45) is 0 Å². The molecule has 0 bridgehead atoms. The molecule has 0 saturated carbocycles. The van der Waals surface area contributed by atoms with E-state index in [4.69, 9.17) is 15.0 Å². The van der Waals surface area contributed by atoms with E-state index < -0.39 is 5.41 Å². The van der Waals surface area contributed by atoms with Gasteiger partial charge < -0.3 is 4.90 Å². The van der Waals surface area contributed by atoms with Gasteiger partial charge >= 0.3 is 0 Å². The van der Waals surface area contributed by atoms with Crippen molar-refractivity contribution < 1.29 is 0 Å². The van der Waals surface area contributed by atoms with Crippen LogP contribution in [0, 0.1) is 0 Å². The van der Waals surface area contributed by atoms with Crippen molar-refractivity contribution in [3.05, 3.63) is 277 Å². The lowest BCUT2D eigenvalue weighted by molar-refractivity contribution is 0.753. The van der Waals surface area contributed by atoms with Gasteiger partial charge in [0.15, 0.2) is 17.5 Å². The lowest BCUT2D eigenvalue weighted by atomic mass is 9.64. The van der Waals surface area contributed by atoms with Crippen LogP contribution in [-0.2, 0) is 5.41 Å². The van der Waals surface area contributed by atoms with Crippen molar-refractivity contribution in [3.63, 3.8) is 0 Å². The smallest absolute Gasteiger partial charge is 0.164 e. The van der Waals surface area contributed by atoms with Gasteiger partial charge in [0.1, 0.15) is 0 Å². The SMILES string of the molecule is c1ccc(-c2ccc(-c3cccc(-c4nc(-c5ccccc5)nc(-c5cccc(-c6ccc7c(c6)N(c6ccccc6)c6ccccc6C76c7ccccc7-c7ccccc76)c5)n4)c3)cc2)cc1. The van der Waals surface area contributed by atoms with Crippen LogP contribution < -0.4 is 4.90 Å². The third kappa shape index (κ3) is 6.41. The molecule has 4 nitrogen and oxygen atoms in total. The standard InChI is InChI=1S/C64H42N4/c1-4-18-43(19-5-1)44-34-36-45(37-35-44)47-22-16-24-50(40-47)62-65-61(46-20-6-2-7-21-46)66-63(67-62)51-25-17-23-48(41-51)49-38-39-58-60(42-49)68(52-26-8-3-9-27-52)59-33-15-14-32-57(59)64(58)55-30-12-10-28-53(55)54-29-11-13-31-56(54)64/h1-42H. The van der Waals surface area contributed by atoms with Gasteiger partial charge in [-0.3, -0.25) is 0 Å². The molecule has 68 heavy (non-hydrogen) atoms. The highest BCUT2D eigenvalue weighted by atomic mass is 15.2. The number of hydrogen-bond donors (Lipinski definition) is 0. The fourth-order valence-electron chi connectivity index (χ4n) is 10.7. The van der Waals surface area contributed by atoms with E-state index in [1.54, 1.807) is 0 Å². The molecule has 4 heteroatoms. The molecule has 1 aliphatic heterocycles. The maximum atomic E-state index is 5.23. The first-order valence-corrected chi connectivity index (χ1v) is 23.2. The number of rotatable bonds is 7. The second-order valence-electron chi connectivity index (χ2n) is 17.5. The number of aromatic nitrogens is 3. The molecule has 0 unspecified atom stereocenters. The summed E-state index contributed by atoms with van der Waals surface area (Å²) in [6.07, 6.45) is 0. The Labute approximate surface area is 396 Å². The van der Waals surface area contributed by atoms with E-state index in [0.717, 1.165) is 50.3 Å². The van der Waals surface area contributed by atoms with Crippen molar-refractivity contribution in [1.82, 2.24) is 15.0 Å². The summed E-state index contributed by atoms with van der Waals surface area (Å²) < 4.78 is 0. The summed E-state index contributed by atoms with van der Waals surface area (Å²) in [6.45, 7) is 0. The topological polar surface area (TPSA) is 41.9 Å². The molecule has 13 rings (SSSR count). The number of hydrogen-bond acceptors (Lipinski definition) is 4. The Hall–Kier alpha value is -8.99. The number of fused-ring (bicyclic) bond motifs is 9. The molecule has 1 spiro atoms. The van der Waals surface area contributed by atoms with Gasteiger partial charge in [0.05, 0.1) is 16.8 Å². The number of nitrogens with zero attached hydrogens (tertiary/aromatic N) is 4. The van der Waals surface area contributed by atoms with Gasteiger partial charge in [-0.05, 0) is 103 Å². The summed E-state index contributed by atoms with van der Waals surface area (Å²) in [6, 6.07) is 91.3. The van der Waals surface area contributed by atoms with Crippen molar-refractivity contribution in [2.75, 3.05) is 4.90 Å². The third-order valence-corrected chi connectivity index (χ3v) is 13.7. The highest BCUT2D eigenvalue weighted by Crippen LogP contribution is 2.63. The molecule has 318 valence electrons. The summed E-state index contributed by atoms with van der Waals surface area (Å²) in [5, 5.41) is 0. The maximum absolute atomic E-state index is 5.23. The van der Waals surface area contributed by atoms with E-state index in [1.165, 1.54) is 50.2 Å². The largest absolute Gasteiger partial charge is 0.310 e. The van der Waals surface area contributed by atoms with E-state index in [9.17, 15) is 0 Å². The zero-order chi connectivity index (χ0) is 45.0. The van der Waals surface area contributed by atoms with Crippen LogP contribution in [0.25, 0.3) is 78.7 Å². The van der Waals surface area contributed by atoms with Gasteiger partial charge in [-0.1, -0.05) is 218 Å². The Morgan fingerprint density at radius 1 is 0.250 bits per heavy atom. The highest BCUT2D eigenvalue weighted by Gasteiger charge is 2.51. The summed E-state index contributed by atoms with van der Waals surface area (Å²) in [5.74, 6) is 1.86. The molecule has 10 aromatic carbocycles. The molecule has 0 N–H and O–H groups in total. The molecule has 0 saturated heterocycles. The molecule has 1 aliphatic carbocycles. The van der Waals surface area contributed by atoms with Crippen molar-refractivity contribution >= 4 is 17.1 Å².